The first kappa shape index (κ1) is 14.0. The van der Waals surface area contributed by atoms with Gasteiger partial charge >= 0.3 is 5.97 Å². The van der Waals surface area contributed by atoms with E-state index in [1.54, 1.807) is 0 Å². The number of carbonyl (C=O) groups is 1. The quantitative estimate of drug-likeness (QED) is 0.850. The lowest BCUT2D eigenvalue weighted by atomic mass is 10.1. The lowest BCUT2D eigenvalue weighted by Gasteiger charge is -2.19. The Hall–Kier alpha value is -1.06. The number of hydrogen-bond acceptors (Lipinski definition) is 2. The van der Waals surface area contributed by atoms with Gasteiger partial charge in [-0.25, -0.2) is 0 Å². The fourth-order valence-electron chi connectivity index (χ4n) is 1.78. The summed E-state index contributed by atoms with van der Waals surface area (Å²) < 4.78 is 0. The summed E-state index contributed by atoms with van der Waals surface area (Å²) >= 11 is 5.95. The van der Waals surface area contributed by atoms with Crippen LogP contribution < -0.4 is 0 Å². The smallest absolute Gasteiger partial charge is 0.317 e. The molecular formula is C13H18ClNO2. The van der Waals surface area contributed by atoms with Crippen molar-refractivity contribution in [3.8, 4) is 0 Å². The first-order valence-electron chi connectivity index (χ1n) is 5.72. The highest BCUT2D eigenvalue weighted by atomic mass is 35.5. The van der Waals surface area contributed by atoms with Gasteiger partial charge in [0.2, 0.25) is 0 Å². The van der Waals surface area contributed by atoms with Crippen molar-refractivity contribution in [3.05, 3.63) is 34.3 Å². The van der Waals surface area contributed by atoms with Crippen LogP contribution in [-0.4, -0.2) is 29.1 Å². The van der Waals surface area contributed by atoms with Crippen molar-refractivity contribution < 1.29 is 9.90 Å². The normalized spacial score (nSPS) is 10.8. The zero-order valence-electron chi connectivity index (χ0n) is 10.2. The molecule has 17 heavy (non-hydrogen) atoms. The van der Waals surface area contributed by atoms with E-state index in [0.717, 1.165) is 29.1 Å². The summed E-state index contributed by atoms with van der Waals surface area (Å²) in [7, 11) is 0. The summed E-state index contributed by atoms with van der Waals surface area (Å²) in [6.45, 7) is 5.51. The molecule has 0 bridgehead atoms. The minimum Gasteiger partial charge on any atom is -0.480 e. The molecule has 3 nitrogen and oxygen atoms in total. The fourth-order valence-corrected chi connectivity index (χ4v) is 1.90. The number of nitrogens with zero attached hydrogens (tertiary/aromatic N) is 1. The molecule has 4 heteroatoms. The highest BCUT2D eigenvalue weighted by Crippen LogP contribution is 2.17. The molecule has 0 saturated carbocycles. The van der Waals surface area contributed by atoms with Crippen LogP contribution in [0.25, 0.3) is 0 Å². The highest BCUT2D eigenvalue weighted by Gasteiger charge is 2.09. The number of aliphatic carboxylic acids is 1. The van der Waals surface area contributed by atoms with Crippen LogP contribution in [0.1, 0.15) is 24.5 Å². The molecular weight excluding hydrogens is 238 g/mol. The molecule has 1 aromatic carbocycles. The maximum atomic E-state index is 10.7. The highest BCUT2D eigenvalue weighted by molar-refractivity contribution is 6.31. The number of carboxylic acids is 1. The molecule has 1 aromatic rings. The van der Waals surface area contributed by atoms with Crippen molar-refractivity contribution in [2.75, 3.05) is 13.1 Å². The molecule has 0 aliphatic rings. The first-order chi connectivity index (χ1) is 8.02. The monoisotopic (exact) mass is 255 g/mol. The van der Waals surface area contributed by atoms with Crippen LogP contribution in [0.4, 0.5) is 0 Å². The molecule has 0 radical (unpaired) electrons. The van der Waals surface area contributed by atoms with Crippen molar-refractivity contribution in [2.45, 2.75) is 26.8 Å². The van der Waals surface area contributed by atoms with Crippen LogP contribution in [0.5, 0.6) is 0 Å². The third kappa shape index (κ3) is 4.75. The molecule has 0 amide bonds. The van der Waals surface area contributed by atoms with Gasteiger partial charge in [0, 0.05) is 11.6 Å². The molecule has 94 valence electrons. The summed E-state index contributed by atoms with van der Waals surface area (Å²) in [5.74, 6) is -0.788. The van der Waals surface area contributed by atoms with Gasteiger partial charge in [0.25, 0.3) is 0 Å². The summed E-state index contributed by atoms with van der Waals surface area (Å²) in [5, 5.41) is 9.57. The van der Waals surface area contributed by atoms with Gasteiger partial charge in [0.05, 0.1) is 6.54 Å². The summed E-state index contributed by atoms with van der Waals surface area (Å²) in [6, 6.07) is 5.81. The van der Waals surface area contributed by atoms with Crippen molar-refractivity contribution in [3.63, 3.8) is 0 Å². The Morgan fingerprint density at radius 1 is 1.47 bits per heavy atom. The van der Waals surface area contributed by atoms with Gasteiger partial charge in [-0.15, -0.1) is 0 Å². The zero-order chi connectivity index (χ0) is 12.8. The van der Waals surface area contributed by atoms with E-state index in [2.05, 4.69) is 0 Å². The van der Waals surface area contributed by atoms with Crippen LogP contribution >= 0.6 is 11.6 Å². The molecule has 0 atom stereocenters. The average Bonchev–Trinajstić information content (AvgIpc) is 2.23. The lowest BCUT2D eigenvalue weighted by Crippen LogP contribution is -2.30. The third-order valence-electron chi connectivity index (χ3n) is 2.53. The topological polar surface area (TPSA) is 40.5 Å². The minimum absolute atomic E-state index is 0.0789. The minimum atomic E-state index is -0.788. The van der Waals surface area contributed by atoms with Crippen LogP contribution in [-0.2, 0) is 11.3 Å². The van der Waals surface area contributed by atoms with Gasteiger partial charge in [-0.3, -0.25) is 9.69 Å². The second-order valence-electron chi connectivity index (χ2n) is 4.19. The zero-order valence-corrected chi connectivity index (χ0v) is 11.0. The van der Waals surface area contributed by atoms with Gasteiger partial charge in [0.15, 0.2) is 0 Å². The van der Waals surface area contributed by atoms with E-state index in [0.29, 0.717) is 6.54 Å². The van der Waals surface area contributed by atoms with Gasteiger partial charge < -0.3 is 5.11 Å². The van der Waals surface area contributed by atoms with Crippen LogP contribution in [0.2, 0.25) is 5.02 Å². The van der Waals surface area contributed by atoms with E-state index < -0.39 is 5.97 Å². The Morgan fingerprint density at radius 2 is 2.18 bits per heavy atom. The number of aryl methyl sites for hydroxylation is 1. The molecule has 0 aliphatic carbocycles. The molecule has 0 saturated heterocycles. The van der Waals surface area contributed by atoms with Crippen molar-refractivity contribution in [2.24, 2.45) is 0 Å². The standard InChI is InChI=1S/C13H18ClNO2/c1-3-6-15(9-13(16)17)8-11-4-5-12(14)10(2)7-11/h4-5,7H,3,6,8-9H2,1-2H3,(H,16,17). The molecule has 1 rings (SSSR count). The predicted octanol–water partition coefficient (Wildman–Crippen LogP) is 2.95. The third-order valence-corrected chi connectivity index (χ3v) is 2.95. The van der Waals surface area contributed by atoms with Crippen molar-refractivity contribution in [1.82, 2.24) is 4.90 Å². The number of benzene rings is 1. The Labute approximate surface area is 107 Å². The van der Waals surface area contributed by atoms with Crippen molar-refractivity contribution in [1.29, 1.82) is 0 Å². The second kappa shape index (κ2) is 6.62. The maximum Gasteiger partial charge on any atom is 0.317 e. The SMILES string of the molecule is CCCN(CC(=O)O)Cc1ccc(Cl)c(C)c1. The Bertz CT molecular complexity index is 393. The molecule has 0 aromatic heterocycles. The van der Waals surface area contributed by atoms with E-state index in [1.165, 1.54) is 0 Å². The Kier molecular flexibility index (Phi) is 5.45. The molecule has 0 heterocycles. The van der Waals surface area contributed by atoms with Gasteiger partial charge in [-0.1, -0.05) is 30.7 Å². The van der Waals surface area contributed by atoms with Gasteiger partial charge in [0.1, 0.15) is 0 Å². The van der Waals surface area contributed by atoms with Gasteiger partial charge in [-0.2, -0.15) is 0 Å². The largest absolute Gasteiger partial charge is 0.480 e. The second-order valence-corrected chi connectivity index (χ2v) is 4.60. The summed E-state index contributed by atoms with van der Waals surface area (Å²) in [4.78, 5) is 12.7. The average molecular weight is 256 g/mol. The van der Waals surface area contributed by atoms with Gasteiger partial charge in [-0.05, 0) is 37.1 Å². The molecule has 1 N–H and O–H groups in total. The molecule has 0 aliphatic heterocycles. The van der Waals surface area contributed by atoms with Crippen molar-refractivity contribution >= 4 is 17.6 Å². The fraction of sp³-hybridized carbons (Fsp3) is 0.462. The van der Waals surface area contributed by atoms with Crippen LogP contribution in [0.3, 0.4) is 0 Å². The summed E-state index contributed by atoms with van der Waals surface area (Å²) in [5.41, 5.74) is 2.12. The van der Waals surface area contributed by atoms with Crippen LogP contribution in [0.15, 0.2) is 18.2 Å². The first-order valence-corrected chi connectivity index (χ1v) is 6.10. The Balaban J connectivity index is 2.71. The summed E-state index contributed by atoms with van der Waals surface area (Å²) in [6.07, 6.45) is 0.944. The number of halogens is 1. The van der Waals surface area contributed by atoms with E-state index >= 15 is 0 Å². The Morgan fingerprint density at radius 3 is 2.71 bits per heavy atom. The molecule has 0 fully saturated rings. The number of hydrogen-bond donors (Lipinski definition) is 1. The predicted molar refractivity (Wildman–Crippen MR) is 69.4 cm³/mol. The van der Waals surface area contributed by atoms with Crippen LogP contribution in [0, 0.1) is 6.92 Å². The number of rotatable bonds is 6. The van der Waals surface area contributed by atoms with E-state index in [9.17, 15) is 4.79 Å². The lowest BCUT2D eigenvalue weighted by molar-refractivity contribution is -0.138. The molecule has 0 unspecified atom stereocenters. The van der Waals surface area contributed by atoms with E-state index in [4.69, 9.17) is 16.7 Å². The van der Waals surface area contributed by atoms with E-state index in [-0.39, 0.29) is 6.54 Å². The molecule has 0 spiro atoms. The number of carboxylic acid groups (broad SMARTS) is 1. The van der Waals surface area contributed by atoms with E-state index in [1.807, 2.05) is 36.9 Å². The maximum absolute atomic E-state index is 10.7.